The first-order chi connectivity index (χ1) is 38.9. The third-order valence-electron chi connectivity index (χ3n) is 23.0. The number of hydrogen-bond donors (Lipinski definition) is 4. The lowest BCUT2D eigenvalue weighted by atomic mass is 9.49. The molecule has 3 spiro atoms. The zero-order valence-corrected chi connectivity index (χ0v) is 46.6. The van der Waals surface area contributed by atoms with Crippen molar-refractivity contribution in [3.05, 3.63) is 69.8 Å². The molecule has 9 aliphatic carbocycles. The van der Waals surface area contributed by atoms with Crippen LogP contribution in [-0.4, -0.2) is 156 Å². The first kappa shape index (κ1) is 51.8. The van der Waals surface area contributed by atoms with Crippen molar-refractivity contribution < 1.29 is 68.1 Å². The first-order valence-corrected chi connectivity index (χ1v) is 30.6. The number of phenolic OH excluding ortho intramolecular Hbond substituents is 1. The second kappa shape index (κ2) is 17.6. The van der Waals surface area contributed by atoms with Gasteiger partial charge in [0.2, 0.25) is 0 Å². The minimum Gasteiger partial charge on any atom is -0.504 e. The van der Waals surface area contributed by atoms with Gasteiger partial charge in [-0.3, -0.25) is 33.9 Å². The molecule has 0 aromatic heterocycles. The van der Waals surface area contributed by atoms with Gasteiger partial charge in [0.25, 0.3) is 0 Å². The number of aliphatic hydroxyl groups is 3. The fraction of sp³-hybridized carbons (Fsp3) is 0.629. The highest BCUT2D eigenvalue weighted by Crippen LogP contribution is 2.69. The number of benzene rings is 3. The van der Waals surface area contributed by atoms with Gasteiger partial charge in [0, 0.05) is 73.7 Å². The summed E-state index contributed by atoms with van der Waals surface area (Å²) < 4.78 is 30.0. The van der Waals surface area contributed by atoms with E-state index in [2.05, 4.69) is 37.9 Å². The molecule has 3 aromatic carbocycles. The Morgan fingerprint density at radius 2 is 0.827 bits per heavy atom. The van der Waals surface area contributed by atoms with Crippen LogP contribution < -0.4 is 23.7 Å². The molecule has 18 rings (SSSR count). The molecule has 6 aliphatic heterocycles. The van der Waals surface area contributed by atoms with E-state index in [1.165, 1.54) is 38.5 Å². The molecule has 12 atom stereocenters. The molecule has 6 saturated carbocycles. The highest BCUT2D eigenvalue weighted by atomic mass is 35.5. The zero-order chi connectivity index (χ0) is 55.5. The Morgan fingerprint density at radius 3 is 1.17 bits per heavy atom. The molecule has 15 aliphatic rings. The summed E-state index contributed by atoms with van der Waals surface area (Å²) in [6, 6.07) is 10.8. The SMILES string of the molecule is O=C(Cl)Cl.O=C(Oc1ccc2c3c1OC1C(=O)CC[C@@]4(O)C(C2)N(CC2CC2)CC[C@]314)Oc1ccc2c3c1OC1C(=O)CC[C@@]4(O)[C@@H](C2)N(CC2CC2)CC[C@]314.O=C1CC[C@@]2(O)[C@H]3Cc4ccc(O)c5c4[C@@]2(CCN3CC2CC2)C1O5. The summed E-state index contributed by atoms with van der Waals surface area (Å²) in [5.74, 6) is 3.69. The summed E-state index contributed by atoms with van der Waals surface area (Å²) in [4.78, 5) is 69.8. The molecule has 9 fully saturated rings. The summed E-state index contributed by atoms with van der Waals surface area (Å²) >= 11 is 8.80. The molecule has 81 heavy (non-hydrogen) atoms. The highest BCUT2D eigenvalue weighted by Gasteiger charge is 2.76. The van der Waals surface area contributed by atoms with Crippen LogP contribution >= 0.6 is 23.2 Å². The second-order valence-corrected chi connectivity index (χ2v) is 27.7. The summed E-state index contributed by atoms with van der Waals surface area (Å²) in [6.07, 6.45) is 10.4. The summed E-state index contributed by atoms with van der Waals surface area (Å²) in [5, 5.41) is 47.5. The number of Topliss-reactive ketones (excluding diaryl/α,β-unsaturated/α-hetero) is 3. The first-order valence-electron chi connectivity index (χ1n) is 29.8. The molecule has 0 amide bonds. The number of ketones is 3. The molecule has 0 radical (unpaired) electrons. The number of halogens is 2. The minimum atomic E-state index is -1.12. The van der Waals surface area contributed by atoms with Gasteiger partial charge < -0.3 is 44.1 Å². The van der Waals surface area contributed by atoms with Crippen LogP contribution in [0.15, 0.2) is 36.4 Å². The van der Waals surface area contributed by atoms with Crippen LogP contribution in [0.25, 0.3) is 0 Å². The van der Waals surface area contributed by atoms with Crippen molar-refractivity contribution in [1.82, 2.24) is 14.7 Å². The van der Waals surface area contributed by atoms with E-state index < -0.39 is 62.2 Å². The number of carbonyl (C=O) groups is 5. The number of phenols is 1. The lowest BCUT2D eigenvalue weighted by Crippen LogP contribution is -2.76. The number of carbonyl (C=O) groups excluding carboxylic acids is 5. The number of nitrogens with zero attached hydrogens (tertiary/aromatic N) is 3. The predicted molar refractivity (Wildman–Crippen MR) is 290 cm³/mol. The summed E-state index contributed by atoms with van der Waals surface area (Å²) in [7, 11) is 0. The van der Waals surface area contributed by atoms with Crippen molar-refractivity contribution in [2.24, 2.45) is 17.8 Å². The number of hydrogen-bond acceptors (Lipinski definition) is 17. The van der Waals surface area contributed by atoms with Crippen molar-refractivity contribution in [3.63, 3.8) is 0 Å². The number of piperidine rings is 3. The highest BCUT2D eigenvalue weighted by molar-refractivity contribution is 6.93. The third kappa shape index (κ3) is 6.97. The Hall–Kier alpha value is -4.85. The van der Waals surface area contributed by atoms with Gasteiger partial charge in [-0.2, -0.15) is 0 Å². The van der Waals surface area contributed by atoms with E-state index in [0.29, 0.717) is 80.5 Å². The van der Waals surface area contributed by atoms with Crippen molar-refractivity contribution in [3.8, 4) is 34.5 Å². The van der Waals surface area contributed by atoms with Gasteiger partial charge in [-0.15, -0.1) is 0 Å². The Kier molecular flexibility index (Phi) is 11.3. The number of ether oxygens (including phenoxy) is 5. The molecule has 4 N–H and O–H groups in total. The fourth-order valence-electron chi connectivity index (χ4n) is 19.1. The van der Waals surface area contributed by atoms with E-state index in [1.807, 2.05) is 18.2 Å². The van der Waals surface area contributed by atoms with Crippen molar-refractivity contribution in [2.75, 3.05) is 39.3 Å². The van der Waals surface area contributed by atoms with Crippen molar-refractivity contribution >= 4 is 51.4 Å². The molecular weight excluding hydrogens is 1080 g/mol. The quantitative estimate of drug-likeness (QED) is 0.105. The van der Waals surface area contributed by atoms with Crippen molar-refractivity contribution in [1.29, 1.82) is 0 Å². The Balaban J connectivity index is 0.000000155. The molecule has 6 bridgehead atoms. The van der Waals surface area contributed by atoms with Gasteiger partial charge in [-0.05, 0) is 192 Å². The van der Waals surface area contributed by atoms with Crippen LogP contribution in [0.1, 0.15) is 130 Å². The Morgan fingerprint density at radius 1 is 0.506 bits per heavy atom. The van der Waals surface area contributed by atoms with Gasteiger partial charge in [0.1, 0.15) is 0 Å². The normalized spacial score (nSPS) is 39.0. The summed E-state index contributed by atoms with van der Waals surface area (Å²) in [5.41, 5.74) is 0.104. The summed E-state index contributed by atoms with van der Waals surface area (Å²) in [6.45, 7) is 5.46. The largest absolute Gasteiger partial charge is 0.519 e. The van der Waals surface area contributed by atoms with Crippen LogP contribution in [-0.2, 0) is 49.9 Å². The van der Waals surface area contributed by atoms with Gasteiger partial charge >= 0.3 is 10.9 Å². The minimum absolute atomic E-state index is 0.0261. The molecule has 19 heteroatoms. The van der Waals surface area contributed by atoms with Crippen LogP contribution in [0.3, 0.4) is 0 Å². The van der Waals surface area contributed by atoms with Gasteiger partial charge in [0.05, 0.1) is 33.0 Å². The fourth-order valence-corrected chi connectivity index (χ4v) is 19.1. The van der Waals surface area contributed by atoms with E-state index in [0.717, 1.165) is 91.4 Å². The van der Waals surface area contributed by atoms with Gasteiger partial charge in [0.15, 0.2) is 70.2 Å². The maximum atomic E-state index is 13.7. The maximum Gasteiger partial charge on any atom is 0.519 e. The Bertz CT molecular complexity index is 3170. The predicted octanol–water partition coefficient (Wildman–Crippen LogP) is 6.64. The molecule has 3 saturated heterocycles. The number of likely N-dealkylation sites (tertiary alicyclic amines) is 3. The Labute approximate surface area is 478 Å². The maximum absolute atomic E-state index is 13.7. The molecule has 4 unspecified atom stereocenters. The monoisotopic (exact) mass is 1150 g/mol. The van der Waals surface area contributed by atoms with E-state index in [-0.39, 0.29) is 65.6 Å². The van der Waals surface area contributed by atoms with Crippen LogP contribution in [0, 0.1) is 17.8 Å². The van der Waals surface area contributed by atoms with E-state index in [4.69, 9.17) is 28.5 Å². The topological polar surface area (TPSA) is 222 Å². The smallest absolute Gasteiger partial charge is 0.504 e. The zero-order valence-electron chi connectivity index (χ0n) is 45.1. The molecule has 3 aromatic rings. The van der Waals surface area contributed by atoms with Crippen LogP contribution in [0.2, 0.25) is 0 Å². The average molecular weight is 1150 g/mol. The molecule has 428 valence electrons. The lowest BCUT2D eigenvalue weighted by Gasteiger charge is -2.62. The van der Waals surface area contributed by atoms with Crippen LogP contribution in [0.4, 0.5) is 9.59 Å². The molecule has 17 nitrogen and oxygen atoms in total. The molecule has 6 heterocycles. The van der Waals surface area contributed by atoms with E-state index in [1.54, 1.807) is 18.2 Å². The van der Waals surface area contributed by atoms with Gasteiger partial charge in [-0.25, -0.2) is 4.79 Å². The van der Waals surface area contributed by atoms with Crippen molar-refractivity contribution in [2.45, 2.75) is 185 Å². The average Bonchev–Trinajstić information content (AvgIpc) is 2.97. The second-order valence-electron chi connectivity index (χ2n) is 26.8. The van der Waals surface area contributed by atoms with E-state index >= 15 is 0 Å². The van der Waals surface area contributed by atoms with Crippen LogP contribution in [0.5, 0.6) is 34.5 Å². The third-order valence-corrected chi connectivity index (χ3v) is 23.0. The standard InChI is InChI=1S/C41H44N2O9.C20H23NO4.CCl2O/c44-25-9-11-40(47)29-17-23-5-7-27(33-31(23)38(40,35(25)51-33)13-15-42(29)19-21-1-2-21)49-37(46)50-28-8-6-24-18-30-41(48)12-10-26(45)36-39(41,32(24)34(28)52-36)14-16-43(30)20-22-3-4-22;22-13-4-3-12-9-15-20(24)6-5-14(23)18-19(20,16(12)17(13)25-18)7-8-21(15)10-11-1-2-11;2-1(3)4/h5-8,21-22,29-30,35-36,47-48H,1-4,9-20H2;3-4,11,15,18,22,24H,1-2,5-10H2;/t29-,30?,35?,36?,38+,39+,40-,41-;15-,18?,19+,20-;/m11./s1. The van der Waals surface area contributed by atoms with Gasteiger partial charge in [-0.1, -0.05) is 18.2 Å². The van der Waals surface area contributed by atoms with E-state index in [9.17, 15) is 39.6 Å². The lowest BCUT2D eigenvalue weighted by molar-refractivity contribution is -0.188. The number of aromatic hydroxyl groups is 1. The number of rotatable bonds is 8. The molecular formula is C62H67Cl2N3O14.